The average molecular weight is 576 g/mol. The number of ether oxygens (including phenoxy) is 2. The first kappa shape index (κ1) is 26.6. The fourth-order valence-electron chi connectivity index (χ4n) is 4.85. The van der Waals surface area contributed by atoms with Crippen LogP contribution in [0.1, 0.15) is 17.8 Å². The van der Waals surface area contributed by atoms with E-state index in [4.69, 9.17) is 21.7 Å². The smallest absolute Gasteiger partial charge is 0.266 e. The molecular formula is C28H29N7O3S2. The number of aromatic amines is 2. The zero-order valence-electron chi connectivity index (χ0n) is 21.8. The molecule has 2 N–H and O–H groups in total. The Bertz CT molecular complexity index is 1530. The number of tetrazole rings is 1. The Kier molecular flexibility index (Phi) is 8.19. The average Bonchev–Trinajstić information content (AvgIpc) is 3.72. The van der Waals surface area contributed by atoms with E-state index in [1.54, 1.807) is 4.90 Å². The van der Waals surface area contributed by atoms with Gasteiger partial charge in [0.2, 0.25) is 0 Å². The number of H-pyrrole nitrogens is 2. The fourth-order valence-corrected chi connectivity index (χ4v) is 6.16. The minimum atomic E-state index is -0.0794. The lowest BCUT2D eigenvalue weighted by Crippen LogP contribution is -2.38. The Labute approximate surface area is 241 Å². The fraction of sp³-hybridized carbons (Fsp3) is 0.321. The summed E-state index contributed by atoms with van der Waals surface area (Å²) in [5.74, 6) is 1.36. The standard InChI is InChI=1S/C28H29N7O3S2/c36-27-25(40-28(39)35(27)9-1-2-26-30-32-33-31-26)17-19-3-6-24(38-15-12-34-10-13-37-14-11-34)22(16-19)20-4-5-23-21(18-20)7-8-29-23/h3-8,16-18,29H,1-2,9-15H2,(H,30,31,32,33)/b25-17-. The van der Waals surface area contributed by atoms with Gasteiger partial charge in [-0.15, -0.1) is 10.2 Å². The van der Waals surface area contributed by atoms with Gasteiger partial charge in [0, 0.05) is 49.9 Å². The summed E-state index contributed by atoms with van der Waals surface area (Å²) in [7, 11) is 0. The molecule has 0 saturated carbocycles. The van der Waals surface area contributed by atoms with Crippen LogP contribution in [0.2, 0.25) is 0 Å². The molecule has 12 heteroatoms. The number of fused-ring (bicyclic) bond motifs is 1. The van der Waals surface area contributed by atoms with Crippen molar-refractivity contribution in [1.29, 1.82) is 0 Å². The number of aryl methyl sites for hydroxylation is 1. The highest BCUT2D eigenvalue weighted by Crippen LogP contribution is 2.36. The summed E-state index contributed by atoms with van der Waals surface area (Å²) in [5.41, 5.74) is 4.03. The van der Waals surface area contributed by atoms with Crippen molar-refractivity contribution in [1.82, 2.24) is 35.4 Å². The molecule has 1 amide bonds. The second-order valence-corrected chi connectivity index (χ2v) is 11.3. The number of hydrogen-bond acceptors (Lipinski definition) is 9. The highest BCUT2D eigenvalue weighted by molar-refractivity contribution is 8.26. The summed E-state index contributed by atoms with van der Waals surface area (Å²) in [6.07, 6.45) is 5.17. The van der Waals surface area contributed by atoms with E-state index in [1.165, 1.54) is 11.8 Å². The van der Waals surface area contributed by atoms with Gasteiger partial charge in [0.05, 0.1) is 18.1 Å². The van der Waals surface area contributed by atoms with E-state index in [-0.39, 0.29) is 5.91 Å². The van der Waals surface area contributed by atoms with Crippen LogP contribution in [0.3, 0.4) is 0 Å². The van der Waals surface area contributed by atoms with Crippen molar-refractivity contribution in [3.63, 3.8) is 0 Å². The van der Waals surface area contributed by atoms with Crippen molar-refractivity contribution in [2.24, 2.45) is 0 Å². The molecule has 0 bridgehead atoms. The molecule has 0 unspecified atom stereocenters. The molecule has 40 heavy (non-hydrogen) atoms. The lowest BCUT2D eigenvalue weighted by Gasteiger charge is -2.26. The minimum Gasteiger partial charge on any atom is -0.492 e. The van der Waals surface area contributed by atoms with Crippen molar-refractivity contribution in [2.45, 2.75) is 12.8 Å². The minimum absolute atomic E-state index is 0.0794. The molecule has 4 heterocycles. The number of thiocarbonyl (C=S) groups is 1. The van der Waals surface area contributed by atoms with Crippen LogP contribution in [0.15, 0.2) is 53.6 Å². The van der Waals surface area contributed by atoms with Gasteiger partial charge in [0.15, 0.2) is 5.82 Å². The monoisotopic (exact) mass is 575 g/mol. The largest absolute Gasteiger partial charge is 0.492 e. The zero-order chi connectivity index (χ0) is 27.3. The van der Waals surface area contributed by atoms with Gasteiger partial charge in [0.1, 0.15) is 16.7 Å². The maximum atomic E-state index is 13.2. The molecule has 0 spiro atoms. The number of nitrogens with zero attached hydrogens (tertiary/aromatic N) is 5. The number of amides is 1. The summed E-state index contributed by atoms with van der Waals surface area (Å²) >= 11 is 6.86. The quantitative estimate of drug-likeness (QED) is 0.215. The molecule has 2 aliphatic heterocycles. The lowest BCUT2D eigenvalue weighted by molar-refractivity contribution is -0.122. The molecule has 2 aromatic carbocycles. The van der Waals surface area contributed by atoms with Crippen LogP contribution in [0.4, 0.5) is 0 Å². The molecule has 2 aromatic heterocycles. The van der Waals surface area contributed by atoms with E-state index < -0.39 is 0 Å². The lowest BCUT2D eigenvalue weighted by atomic mass is 10.00. The molecular weight excluding hydrogens is 546 g/mol. The van der Waals surface area contributed by atoms with Crippen LogP contribution in [0.25, 0.3) is 28.1 Å². The molecule has 6 rings (SSSR count). The van der Waals surface area contributed by atoms with Crippen LogP contribution < -0.4 is 4.74 Å². The Morgan fingerprint density at radius 1 is 1.12 bits per heavy atom. The van der Waals surface area contributed by atoms with E-state index in [2.05, 4.69) is 60.8 Å². The number of rotatable bonds is 10. The summed E-state index contributed by atoms with van der Waals surface area (Å²) in [5, 5.41) is 15.1. The Hall–Kier alpha value is -3.58. The zero-order valence-corrected chi connectivity index (χ0v) is 23.5. The topological polar surface area (TPSA) is 112 Å². The number of hydrogen-bond donors (Lipinski definition) is 2. The van der Waals surface area contributed by atoms with Gasteiger partial charge in [0.25, 0.3) is 5.91 Å². The highest BCUT2D eigenvalue weighted by atomic mass is 32.2. The van der Waals surface area contributed by atoms with Gasteiger partial charge in [-0.25, -0.2) is 0 Å². The summed E-state index contributed by atoms with van der Waals surface area (Å²) in [6.45, 7) is 5.32. The molecule has 206 valence electrons. The maximum Gasteiger partial charge on any atom is 0.266 e. The second kappa shape index (κ2) is 12.3. The van der Waals surface area contributed by atoms with Gasteiger partial charge in [-0.1, -0.05) is 41.3 Å². The number of benzene rings is 2. The van der Waals surface area contributed by atoms with E-state index in [0.717, 1.165) is 66.2 Å². The summed E-state index contributed by atoms with van der Waals surface area (Å²) in [4.78, 5) is 21.1. The third kappa shape index (κ3) is 6.09. The predicted octanol–water partition coefficient (Wildman–Crippen LogP) is 3.89. The SMILES string of the molecule is O=C1/C(=C/c2ccc(OCCN3CCOCC3)c(-c3ccc4[nH]ccc4c3)c2)SC(=S)N1CCCc1nn[nH]n1. The number of thioether (sulfide) groups is 1. The number of nitrogens with one attached hydrogen (secondary N) is 2. The van der Waals surface area contributed by atoms with E-state index in [9.17, 15) is 4.79 Å². The van der Waals surface area contributed by atoms with Crippen LogP contribution in [0.5, 0.6) is 5.75 Å². The molecule has 2 aliphatic rings. The Balaban J connectivity index is 1.21. The number of morpholine rings is 1. The van der Waals surface area contributed by atoms with E-state index >= 15 is 0 Å². The first-order chi connectivity index (χ1) is 19.6. The molecule has 0 aliphatic carbocycles. The normalized spacial score (nSPS) is 17.4. The highest BCUT2D eigenvalue weighted by Gasteiger charge is 2.31. The van der Waals surface area contributed by atoms with Crippen molar-refractivity contribution in [3.05, 3.63) is 65.0 Å². The first-order valence-electron chi connectivity index (χ1n) is 13.3. The Morgan fingerprint density at radius 2 is 2.02 bits per heavy atom. The maximum absolute atomic E-state index is 13.2. The second-order valence-electron chi connectivity index (χ2n) is 9.60. The summed E-state index contributed by atoms with van der Waals surface area (Å²) < 4.78 is 12.3. The molecule has 10 nitrogen and oxygen atoms in total. The van der Waals surface area contributed by atoms with Crippen molar-refractivity contribution in [3.8, 4) is 16.9 Å². The molecule has 0 atom stereocenters. The van der Waals surface area contributed by atoms with Crippen LogP contribution >= 0.6 is 24.0 Å². The molecule has 4 aromatic rings. The van der Waals surface area contributed by atoms with Gasteiger partial charge in [-0.3, -0.25) is 14.6 Å². The van der Waals surface area contributed by atoms with Crippen molar-refractivity contribution in [2.75, 3.05) is 46.0 Å². The van der Waals surface area contributed by atoms with Crippen LogP contribution in [-0.2, 0) is 16.0 Å². The number of carbonyl (C=O) groups excluding carboxylic acids is 1. The number of aromatic nitrogens is 5. The van der Waals surface area contributed by atoms with Crippen LogP contribution in [0, 0.1) is 0 Å². The predicted molar refractivity (Wildman–Crippen MR) is 159 cm³/mol. The molecule has 2 fully saturated rings. The van der Waals surface area contributed by atoms with E-state index in [1.807, 2.05) is 24.4 Å². The Morgan fingerprint density at radius 3 is 2.88 bits per heavy atom. The van der Waals surface area contributed by atoms with Gasteiger partial charge < -0.3 is 14.5 Å². The van der Waals surface area contributed by atoms with E-state index in [0.29, 0.717) is 41.0 Å². The first-order valence-corrected chi connectivity index (χ1v) is 14.5. The van der Waals surface area contributed by atoms with Gasteiger partial charge in [-0.2, -0.15) is 5.21 Å². The van der Waals surface area contributed by atoms with Crippen molar-refractivity contribution >= 4 is 51.2 Å². The van der Waals surface area contributed by atoms with Crippen LogP contribution in [-0.4, -0.2) is 91.6 Å². The van der Waals surface area contributed by atoms with Gasteiger partial charge in [-0.05, 0) is 59.3 Å². The van der Waals surface area contributed by atoms with Gasteiger partial charge >= 0.3 is 0 Å². The molecule has 0 radical (unpaired) electrons. The third-order valence-corrected chi connectivity index (χ3v) is 8.36. The van der Waals surface area contributed by atoms with Crippen molar-refractivity contribution < 1.29 is 14.3 Å². The third-order valence-electron chi connectivity index (χ3n) is 6.98. The molecule has 2 saturated heterocycles. The number of carbonyl (C=O) groups is 1. The summed E-state index contributed by atoms with van der Waals surface area (Å²) in [6, 6.07) is 14.5.